The number of ether oxygens (including phenoxy) is 3. The zero-order chi connectivity index (χ0) is 35.6. The number of hydrogen-bond acceptors (Lipinski definition) is 10. The molecule has 2 fully saturated rings. The molecule has 2 aromatic heterocycles. The van der Waals surface area contributed by atoms with Gasteiger partial charge in [-0.1, -0.05) is 54.1 Å². The standard InChI is InChI=1S/C39H42ClN5O6/c1-22-36(44-38(50-3)33(42-22)21-45-19-25(20-45)39(47)48)51-34-15-13-28-27(6-4-7-29(28)34)30-8-5-9-31(35(30)40)32-14-11-24(37(43-32)49-2)18-41-17-23-10-12-26(46)16-23/h4-9,11,14,23,25,34,41H,10,12-13,15-21H2,1-3H3,(H,47,48)/t23-,34+/m1/s1. The molecule has 1 saturated heterocycles. The predicted octanol–water partition coefficient (Wildman–Crippen LogP) is 6.23. The van der Waals surface area contributed by atoms with Crippen LogP contribution < -0.4 is 19.5 Å². The second-order valence-electron chi connectivity index (χ2n) is 13.6. The Morgan fingerprint density at radius 2 is 1.71 bits per heavy atom. The van der Waals surface area contributed by atoms with Gasteiger partial charge in [0.1, 0.15) is 17.6 Å². The average Bonchev–Trinajstić information content (AvgIpc) is 3.72. The highest BCUT2D eigenvalue weighted by atomic mass is 35.5. The van der Waals surface area contributed by atoms with Crippen LogP contribution in [-0.2, 0) is 29.1 Å². The Morgan fingerprint density at radius 1 is 0.941 bits per heavy atom. The predicted molar refractivity (Wildman–Crippen MR) is 192 cm³/mol. The first-order valence-electron chi connectivity index (χ1n) is 17.4. The van der Waals surface area contributed by atoms with Gasteiger partial charge in [-0.2, -0.15) is 4.98 Å². The highest BCUT2D eigenvalue weighted by molar-refractivity contribution is 6.36. The molecule has 0 unspecified atom stereocenters. The van der Waals surface area contributed by atoms with Gasteiger partial charge >= 0.3 is 5.97 Å². The number of aromatic nitrogens is 3. The van der Waals surface area contributed by atoms with E-state index in [1.54, 1.807) is 14.2 Å². The number of rotatable bonds is 13. The molecule has 11 nitrogen and oxygen atoms in total. The Labute approximate surface area is 302 Å². The summed E-state index contributed by atoms with van der Waals surface area (Å²) < 4.78 is 17.8. The zero-order valence-electron chi connectivity index (χ0n) is 29.1. The van der Waals surface area contributed by atoms with Gasteiger partial charge in [-0.25, -0.2) is 9.97 Å². The molecule has 0 bridgehead atoms. The number of carbonyl (C=O) groups excluding carboxylic acids is 1. The number of pyridine rings is 1. The van der Waals surface area contributed by atoms with Crippen molar-refractivity contribution in [2.45, 2.75) is 58.2 Å². The number of carbonyl (C=O) groups is 2. The lowest BCUT2D eigenvalue weighted by atomic mass is 9.94. The number of hydrogen-bond donors (Lipinski definition) is 2. The minimum absolute atomic E-state index is 0.224. The van der Waals surface area contributed by atoms with Crippen molar-refractivity contribution in [2.75, 3.05) is 33.9 Å². The highest BCUT2D eigenvalue weighted by Crippen LogP contribution is 2.44. The number of aliphatic carboxylic acids is 1. The second-order valence-corrected chi connectivity index (χ2v) is 14.0. The van der Waals surface area contributed by atoms with Gasteiger partial charge in [-0.15, -0.1) is 0 Å². The summed E-state index contributed by atoms with van der Waals surface area (Å²) in [6.07, 6.45) is 3.64. The smallest absolute Gasteiger partial charge is 0.309 e. The summed E-state index contributed by atoms with van der Waals surface area (Å²) in [4.78, 5) is 39.2. The topological polar surface area (TPSA) is 136 Å². The molecule has 3 heterocycles. The number of benzene rings is 2. The number of methoxy groups -OCH3 is 2. The van der Waals surface area contributed by atoms with Crippen molar-refractivity contribution in [1.82, 2.24) is 25.2 Å². The number of carboxylic acids is 1. The molecule has 2 N–H and O–H groups in total. The summed E-state index contributed by atoms with van der Waals surface area (Å²) >= 11 is 7.18. The van der Waals surface area contributed by atoms with Gasteiger partial charge in [0.25, 0.3) is 0 Å². The van der Waals surface area contributed by atoms with Gasteiger partial charge in [0.2, 0.25) is 17.6 Å². The van der Waals surface area contributed by atoms with E-state index in [2.05, 4.69) is 22.4 Å². The number of ketones is 1. The number of nitrogens with one attached hydrogen (secondary N) is 1. The Kier molecular flexibility index (Phi) is 10.2. The fourth-order valence-electron chi connectivity index (χ4n) is 7.45. The van der Waals surface area contributed by atoms with Crippen LogP contribution in [-0.4, -0.2) is 70.6 Å². The lowest BCUT2D eigenvalue weighted by Crippen LogP contribution is -2.49. The lowest BCUT2D eigenvalue weighted by Gasteiger charge is -2.36. The van der Waals surface area contributed by atoms with Crippen molar-refractivity contribution >= 4 is 23.4 Å². The summed E-state index contributed by atoms with van der Waals surface area (Å²) in [6.45, 7) is 4.68. The van der Waals surface area contributed by atoms with Crippen molar-refractivity contribution in [3.05, 3.63) is 81.6 Å². The fourth-order valence-corrected chi connectivity index (χ4v) is 7.78. The van der Waals surface area contributed by atoms with Gasteiger partial charge in [0, 0.05) is 55.7 Å². The van der Waals surface area contributed by atoms with Crippen LogP contribution in [0.2, 0.25) is 5.02 Å². The fraction of sp³-hybridized carbons (Fsp3) is 0.410. The maximum Gasteiger partial charge on any atom is 0.309 e. The van der Waals surface area contributed by atoms with Gasteiger partial charge in [0.05, 0.1) is 36.5 Å². The third-order valence-electron chi connectivity index (χ3n) is 10.2. The summed E-state index contributed by atoms with van der Waals surface area (Å²) in [5.41, 5.74) is 8.02. The SMILES string of the molecule is COc1nc(-c2cccc(-c3cccc4c3CC[C@@H]4Oc3nc(OC)c(CN4CC(C(=O)O)C4)nc3C)c2Cl)ccc1CNC[C@@H]1CCC(=O)C1. The summed E-state index contributed by atoms with van der Waals surface area (Å²) in [7, 11) is 3.18. The molecule has 0 spiro atoms. The van der Waals surface area contributed by atoms with Crippen LogP contribution in [0.3, 0.4) is 0 Å². The number of fused-ring (bicyclic) bond motifs is 1. The van der Waals surface area contributed by atoms with E-state index in [1.165, 1.54) is 5.56 Å². The van der Waals surface area contributed by atoms with E-state index in [9.17, 15) is 14.7 Å². The highest BCUT2D eigenvalue weighted by Gasteiger charge is 2.34. The third kappa shape index (κ3) is 7.28. The maximum atomic E-state index is 11.6. The first-order chi connectivity index (χ1) is 24.7. The van der Waals surface area contributed by atoms with Crippen molar-refractivity contribution in [3.8, 4) is 40.0 Å². The molecule has 7 rings (SSSR count). The molecular weight excluding hydrogens is 670 g/mol. The minimum atomic E-state index is -0.776. The molecule has 2 atom stereocenters. The van der Waals surface area contributed by atoms with Crippen LogP contribution in [0.4, 0.5) is 0 Å². The monoisotopic (exact) mass is 711 g/mol. The number of nitrogens with zero attached hydrogens (tertiary/aromatic N) is 4. The third-order valence-corrected chi connectivity index (χ3v) is 10.6. The molecular formula is C39H42ClN5O6. The normalized spacial score (nSPS) is 18.8. The molecule has 2 aromatic carbocycles. The summed E-state index contributed by atoms with van der Waals surface area (Å²) in [6, 6.07) is 16.2. The van der Waals surface area contributed by atoms with Crippen molar-refractivity contribution < 1.29 is 28.9 Å². The molecule has 12 heteroatoms. The van der Waals surface area contributed by atoms with Crippen molar-refractivity contribution in [3.63, 3.8) is 0 Å². The molecule has 4 aromatic rings. The lowest BCUT2D eigenvalue weighted by molar-refractivity contribution is -0.147. The van der Waals surface area contributed by atoms with Gasteiger partial charge in [-0.3, -0.25) is 14.5 Å². The molecule has 1 aliphatic heterocycles. The molecule has 3 aliphatic rings. The van der Waals surface area contributed by atoms with Crippen molar-refractivity contribution in [1.29, 1.82) is 0 Å². The number of Topliss-reactive ketones (excluding diaryl/α,β-unsaturated/α-hetero) is 1. The van der Waals surface area contributed by atoms with Crippen LogP contribution >= 0.6 is 11.6 Å². The summed E-state index contributed by atoms with van der Waals surface area (Å²) in [5.74, 6) is 0.953. The Bertz CT molecular complexity index is 1960. The molecule has 1 saturated carbocycles. The van der Waals surface area contributed by atoms with E-state index in [0.29, 0.717) is 84.8 Å². The number of halogens is 1. The average molecular weight is 712 g/mol. The molecule has 51 heavy (non-hydrogen) atoms. The minimum Gasteiger partial charge on any atom is -0.481 e. The zero-order valence-corrected chi connectivity index (χ0v) is 29.8. The van der Waals surface area contributed by atoms with Crippen LogP contribution in [0.5, 0.6) is 17.6 Å². The first-order valence-corrected chi connectivity index (χ1v) is 17.8. The van der Waals surface area contributed by atoms with Gasteiger partial charge in [-0.05, 0) is 61.4 Å². The number of carboxylic acid groups (broad SMARTS) is 1. The largest absolute Gasteiger partial charge is 0.481 e. The van der Waals surface area contributed by atoms with Gasteiger partial charge in [0.15, 0.2) is 0 Å². The Hall–Kier alpha value is -4.58. The van der Waals surface area contributed by atoms with Crippen LogP contribution in [0.15, 0.2) is 48.5 Å². The van der Waals surface area contributed by atoms with Gasteiger partial charge < -0.3 is 24.6 Å². The van der Waals surface area contributed by atoms with Crippen LogP contribution in [0.1, 0.15) is 59.9 Å². The van der Waals surface area contributed by atoms with E-state index in [4.69, 9.17) is 35.8 Å². The van der Waals surface area contributed by atoms with E-state index in [-0.39, 0.29) is 12.0 Å². The molecule has 0 amide bonds. The summed E-state index contributed by atoms with van der Waals surface area (Å²) in [5, 5.41) is 13.3. The van der Waals surface area contributed by atoms with E-state index in [1.807, 2.05) is 48.2 Å². The second kappa shape index (κ2) is 15.0. The van der Waals surface area contributed by atoms with E-state index >= 15 is 0 Å². The number of likely N-dealkylation sites (tertiary alicyclic amines) is 1. The van der Waals surface area contributed by atoms with Crippen LogP contribution in [0, 0.1) is 18.8 Å². The van der Waals surface area contributed by atoms with E-state index in [0.717, 1.165) is 59.3 Å². The maximum absolute atomic E-state index is 11.6. The van der Waals surface area contributed by atoms with Crippen LogP contribution in [0.25, 0.3) is 22.4 Å². The quantitative estimate of drug-likeness (QED) is 0.163. The molecule has 266 valence electrons. The van der Waals surface area contributed by atoms with Crippen molar-refractivity contribution in [2.24, 2.45) is 11.8 Å². The first kappa shape index (κ1) is 34.9. The molecule has 0 radical (unpaired) electrons. The number of aryl methyl sites for hydroxylation is 1. The van der Waals surface area contributed by atoms with E-state index < -0.39 is 5.97 Å². The molecule has 2 aliphatic carbocycles. The Balaban J connectivity index is 1.08. The Morgan fingerprint density at radius 3 is 2.45 bits per heavy atom.